The Hall–Kier alpha value is -5.91. The second kappa shape index (κ2) is 29.8. The van der Waals surface area contributed by atoms with E-state index in [-0.39, 0.29) is 6.54 Å². The molecule has 68 heavy (non-hydrogen) atoms. The Balaban J connectivity index is 4.18. The van der Waals surface area contributed by atoms with E-state index in [1.807, 2.05) is 0 Å². The van der Waals surface area contributed by atoms with Crippen molar-refractivity contribution in [3.63, 3.8) is 0 Å². The molecule has 1 rings (SSSR count). The molecule has 1 heterocycles. The summed E-state index contributed by atoms with van der Waals surface area (Å²) in [6, 6.07) is -1.72. The summed E-state index contributed by atoms with van der Waals surface area (Å²) >= 11 is 0. The normalized spacial score (nSPS) is 20.0. The number of hydrogen-bond acceptors (Lipinski definition) is 22. The fraction of sp³-hybridized carbons (Fsp3) is 0.750. The van der Waals surface area contributed by atoms with Crippen LogP contribution in [-0.2, 0) is 105 Å². The molecule has 0 aliphatic carbocycles. The number of carbonyl (C=O) groups excluding carboxylic acids is 11. The molecule has 0 bridgehead atoms. The largest absolute Gasteiger partial charge is 0.463 e. The van der Waals surface area contributed by atoms with Crippen LogP contribution in [-0.4, -0.2) is 152 Å². The van der Waals surface area contributed by atoms with Crippen LogP contribution in [0.3, 0.4) is 0 Å². The zero-order chi connectivity index (χ0) is 51.9. The van der Waals surface area contributed by atoms with E-state index >= 15 is 0 Å². The first kappa shape index (κ1) is 60.1. The third kappa shape index (κ3) is 23.7. The van der Waals surface area contributed by atoms with Crippen LogP contribution in [0.4, 0.5) is 0 Å². The van der Waals surface area contributed by atoms with Gasteiger partial charge in [-0.25, -0.2) is 0 Å². The number of ether oxygens (including phenoxy) is 11. The van der Waals surface area contributed by atoms with Gasteiger partial charge in [0.2, 0.25) is 12.0 Å². The highest BCUT2D eigenvalue weighted by atomic mass is 16.8. The molecule has 0 saturated carbocycles. The average Bonchev–Trinajstić information content (AvgIpc) is 3.18. The molecule has 1 aliphatic heterocycles. The molecule has 0 unspecified atom stereocenters. The molecule has 0 aromatic heterocycles. The SMILES string of the molecule is CCCCCCCCNC(=O)[C@H](CC(=O)OC(C)(C)C)NC(=O)[C@H](OC(C)=O)[C@@H](OC(C)=O)[C@H](O[C@@H]1O[C@H](COC(C)=O)[C@H](OC(C)=O)[C@H](OC(C)=O)[C@H]1OC(C)=O)[C@@H](COC(C)=O)OC(C)=O. The van der Waals surface area contributed by atoms with Crippen LogP contribution < -0.4 is 10.6 Å². The highest BCUT2D eigenvalue weighted by Gasteiger charge is 2.56. The van der Waals surface area contributed by atoms with Gasteiger partial charge in [0, 0.05) is 61.9 Å². The number of unbranched alkanes of at least 4 members (excludes halogenated alkanes) is 5. The Morgan fingerprint density at radius 1 is 0.574 bits per heavy atom. The van der Waals surface area contributed by atoms with E-state index in [4.69, 9.17) is 52.1 Å². The quantitative estimate of drug-likeness (QED) is 0.0669. The molecule has 24 nitrogen and oxygen atoms in total. The summed E-state index contributed by atoms with van der Waals surface area (Å²) in [5.74, 6) is -11.6. The van der Waals surface area contributed by atoms with Crippen LogP contribution in [0, 0.1) is 0 Å². The molecule has 1 fully saturated rings. The zero-order valence-electron chi connectivity index (χ0n) is 40.8. The summed E-state index contributed by atoms with van der Waals surface area (Å²) in [4.78, 5) is 142. The minimum Gasteiger partial charge on any atom is -0.463 e. The molecule has 0 aromatic carbocycles. The Kier molecular flexibility index (Phi) is 26.3. The first-order valence-electron chi connectivity index (χ1n) is 22.1. The van der Waals surface area contributed by atoms with E-state index in [2.05, 4.69) is 17.6 Å². The van der Waals surface area contributed by atoms with Crippen molar-refractivity contribution in [1.82, 2.24) is 10.6 Å². The van der Waals surface area contributed by atoms with Crippen LogP contribution in [0.2, 0.25) is 0 Å². The number of esters is 9. The molecule has 1 aliphatic rings. The van der Waals surface area contributed by atoms with E-state index in [9.17, 15) is 52.7 Å². The lowest BCUT2D eigenvalue weighted by Crippen LogP contribution is -2.65. The van der Waals surface area contributed by atoms with Crippen molar-refractivity contribution in [1.29, 1.82) is 0 Å². The summed E-state index contributed by atoms with van der Waals surface area (Å²) in [5, 5.41) is 5.01. The summed E-state index contributed by atoms with van der Waals surface area (Å²) in [7, 11) is 0. The third-order valence-electron chi connectivity index (χ3n) is 9.10. The van der Waals surface area contributed by atoms with Crippen LogP contribution in [0.15, 0.2) is 0 Å². The van der Waals surface area contributed by atoms with E-state index in [1.54, 1.807) is 20.8 Å². The third-order valence-corrected chi connectivity index (χ3v) is 9.10. The first-order chi connectivity index (χ1) is 31.6. The van der Waals surface area contributed by atoms with Crippen molar-refractivity contribution in [2.75, 3.05) is 19.8 Å². The van der Waals surface area contributed by atoms with Gasteiger partial charge < -0.3 is 62.7 Å². The second-order valence-corrected chi connectivity index (χ2v) is 16.6. The fourth-order valence-electron chi connectivity index (χ4n) is 6.63. The average molecular weight is 977 g/mol. The Morgan fingerprint density at radius 2 is 1.10 bits per heavy atom. The van der Waals surface area contributed by atoms with Crippen molar-refractivity contribution in [2.24, 2.45) is 0 Å². The van der Waals surface area contributed by atoms with Gasteiger partial charge in [0.1, 0.15) is 37.1 Å². The molecular weight excluding hydrogens is 908 g/mol. The monoisotopic (exact) mass is 976 g/mol. The van der Waals surface area contributed by atoms with Gasteiger partial charge in [-0.15, -0.1) is 0 Å². The summed E-state index contributed by atoms with van der Waals surface area (Å²) in [5.41, 5.74) is -1.03. The topological polar surface area (TPSA) is 313 Å². The van der Waals surface area contributed by atoms with Crippen LogP contribution in [0.1, 0.15) is 128 Å². The van der Waals surface area contributed by atoms with Gasteiger partial charge in [-0.05, 0) is 27.2 Å². The van der Waals surface area contributed by atoms with Crippen molar-refractivity contribution in [2.45, 2.75) is 195 Å². The van der Waals surface area contributed by atoms with Gasteiger partial charge >= 0.3 is 53.7 Å². The van der Waals surface area contributed by atoms with Gasteiger partial charge in [0.25, 0.3) is 5.91 Å². The molecule has 1 saturated heterocycles. The molecule has 2 N–H and O–H groups in total. The molecule has 2 amide bonds. The van der Waals surface area contributed by atoms with E-state index in [0.717, 1.165) is 87.5 Å². The maximum Gasteiger partial charge on any atom is 0.308 e. The first-order valence-corrected chi connectivity index (χ1v) is 22.1. The number of rotatable bonds is 27. The van der Waals surface area contributed by atoms with Crippen LogP contribution >= 0.6 is 0 Å². The van der Waals surface area contributed by atoms with Gasteiger partial charge in [-0.1, -0.05) is 39.0 Å². The number of carbonyl (C=O) groups is 11. The Labute approximate surface area is 395 Å². The predicted molar refractivity (Wildman–Crippen MR) is 229 cm³/mol. The van der Waals surface area contributed by atoms with Gasteiger partial charge in [0.15, 0.2) is 36.8 Å². The van der Waals surface area contributed by atoms with Crippen molar-refractivity contribution < 1.29 is 105 Å². The molecule has 386 valence electrons. The summed E-state index contributed by atoms with van der Waals surface area (Å²) in [6.45, 7) is 12.7. The standard InChI is InChI=1S/C44H68N2O22/c1-13-14-15-16-17-18-19-45-41(56)31(20-34(55)68-44(10,11)12)46-42(57)39(64-29(8)53)37(62-27(6)51)36(32(60-25(4)49)21-58-23(2)47)67-43-40(65-30(9)54)38(63-28(7)52)35(61-26(5)50)33(66-43)22-59-24(3)48/h31-33,35-40,43H,13-22H2,1-12H3,(H,45,56)(H,46,57)/t31-,32+,33+,35-,36+,37-,38-,39+,40+,43-/m0/s1. The number of nitrogens with one attached hydrogen (secondary N) is 2. The minimum absolute atomic E-state index is 0.140. The summed E-state index contributed by atoms with van der Waals surface area (Å²) < 4.78 is 60.9. The van der Waals surface area contributed by atoms with E-state index < -0.39 is 152 Å². The zero-order valence-corrected chi connectivity index (χ0v) is 40.8. The van der Waals surface area contributed by atoms with Gasteiger partial charge in [0.05, 0.1) is 6.42 Å². The Morgan fingerprint density at radius 3 is 1.62 bits per heavy atom. The van der Waals surface area contributed by atoms with Crippen molar-refractivity contribution >= 4 is 65.5 Å². The highest BCUT2D eigenvalue weighted by Crippen LogP contribution is 2.33. The lowest BCUT2D eigenvalue weighted by Gasteiger charge is -2.46. The van der Waals surface area contributed by atoms with Gasteiger partial charge in [-0.2, -0.15) is 0 Å². The number of hydrogen-bond donors (Lipinski definition) is 2. The molecule has 10 atom stereocenters. The number of amides is 2. The molecule has 0 radical (unpaired) electrons. The van der Waals surface area contributed by atoms with E-state index in [1.165, 1.54) is 0 Å². The lowest BCUT2D eigenvalue weighted by molar-refractivity contribution is -0.331. The lowest BCUT2D eigenvalue weighted by atomic mass is 9.97. The summed E-state index contributed by atoms with van der Waals surface area (Å²) in [6.07, 6.45) is -13.7. The van der Waals surface area contributed by atoms with Crippen molar-refractivity contribution in [3.8, 4) is 0 Å². The van der Waals surface area contributed by atoms with Crippen LogP contribution in [0.5, 0.6) is 0 Å². The molecular formula is C44H68N2O22. The second-order valence-electron chi connectivity index (χ2n) is 16.6. The predicted octanol–water partition coefficient (Wildman–Crippen LogP) is 1.51. The van der Waals surface area contributed by atoms with E-state index in [0.29, 0.717) is 6.42 Å². The van der Waals surface area contributed by atoms with Gasteiger partial charge in [-0.3, -0.25) is 52.7 Å². The highest BCUT2D eigenvalue weighted by molar-refractivity contribution is 5.93. The van der Waals surface area contributed by atoms with Crippen molar-refractivity contribution in [3.05, 3.63) is 0 Å². The minimum atomic E-state index is -2.41. The molecule has 0 aromatic rings. The maximum absolute atomic E-state index is 14.6. The smallest absolute Gasteiger partial charge is 0.308 e. The maximum atomic E-state index is 14.6. The van der Waals surface area contributed by atoms with Crippen LogP contribution in [0.25, 0.3) is 0 Å². The fourth-order valence-corrected chi connectivity index (χ4v) is 6.63. The molecule has 24 heteroatoms. The Bertz CT molecular complexity index is 1760. The molecule has 0 spiro atoms.